The van der Waals surface area contributed by atoms with Gasteiger partial charge in [-0.3, -0.25) is 14.5 Å². The van der Waals surface area contributed by atoms with Gasteiger partial charge in [0.1, 0.15) is 18.3 Å². The summed E-state index contributed by atoms with van der Waals surface area (Å²) in [6, 6.07) is 5.08. The summed E-state index contributed by atoms with van der Waals surface area (Å²) in [5.41, 5.74) is 1.52. The fraction of sp³-hybridized carbons (Fsp3) is 0.529. The molecule has 1 aliphatic heterocycles. The Bertz CT molecular complexity index is 588. The summed E-state index contributed by atoms with van der Waals surface area (Å²) in [6.07, 6.45) is 1.99. The van der Waals surface area contributed by atoms with Crippen molar-refractivity contribution in [3.05, 3.63) is 18.2 Å². The Morgan fingerprint density at radius 2 is 2.17 bits per heavy atom. The molecule has 1 aromatic carbocycles. The lowest BCUT2D eigenvalue weighted by Gasteiger charge is -2.34. The third-order valence-corrected chi connectivity index (χ3v) is 4.07. The van der Waals surface area contributed by atoms with Crippen molar-refractivity contribution in [2.75, 3.05) is 37.5 Å². The summed E-state index contributed by atoms with van der Waals surface area (Å²) < 4.78 is 5.22. The summed E-state index contributed by atoms with van der Waals surface area (Å²) in [5, 5.41) is 3.15. The van der Waals surface area contributed by atoms with E-state index in [-0.39, 0.29) is 24.4 Å². The maximum absolute atomic E-state index is 12.5. The van der Waals surface area contributed by atoms with E-state index in [0.717, 1.165) is 18.5 Å². The minimum absolute atomic E-state index is 0.0531. The molecule has 0 bridgehead atoms. The topological polar surface area (TPSA) is 61.9 Å². The largest absolute Gasteiger partial charge is 0.497 e. The van der Waals surface area contributed by atoms with Crippen LogP contribution in [-0.4, -0.2) is 50.0 Å². The molecule has 0 saturated heterocycles. The van der Waals surface area contributed by atoms with E-state index in [0.29, 0.717) is 18.0 Å². The maximum Gasteiger partial charge on any atom is 0.249 e. The fourth-order valence-electron chi connectivity index (χ4n) is 2.58. The number of ether oxygens (including phenoxy) is 1. The number of hydrogen-bond acceptors (Lipinski definition) is 4. The van der Waals surface area contributed by atoms with Crippen LogP contribution in [0, 0.1) is 0 Å². The molecule has 126 valence electrons. The first-order valence-corrected chi connectivity index (χ1v) is 7.97. The van der Waals surface area contributed by atoms with Gasteiger partial charge in [-0.2, -0.15) is 0 Å². The minimum atomic E-state index is -0.372. The van der Waals surface area contributed by atoms with E-state index in [9.17, 15) is 9.59 Å². The summed E-state index contributed by atoms with van der Waals surface area (Å²) in [6.45, 7) is 4.65. The predicted octanol–water partition coefficient (Wildman–Crippen LogP) is 2.10. The van der Waals surface area contributed by atoms with Crippen molar-refractivity contribution in [3.8, 4) is 5.75 Å². The summed E-state index contributed by atoms with van der Waals surface area (Å²) in [7, 11) is 3.38. The number of fused-ring (bicyclic) bond motifs is 1. The monoisotopic (exact) mass is 319 g/mol. The first-order chi connectivity index (χ1) is 11.0. The lowest BCUT2D eigenvalue weighted by Crippen LogP contribution is -2.50. The van der Waals surface area contributed by atoms with Crippen LogP contribution >= 0.6 is 0 Å². The highest BCUT2D eigenvalue weighted by Crippen LogP contribution is 2.34. The van der Waals surface area contributed by atoms with E-state index < -0.39 is 0 Å². The van der Waals surface area contributed by atoms with Gasteiger partial charge in [-0.25, -0.2) is 0 Å². The third-order valence-electron chi connectivity index (χ3n) is 4.07. The molecular weight excluding hydrogens is 294 g/mol. The van der Waals surface area contributed by atoms with Gasteiger partial charge in [-0.1, -0.05) is 13.3 Å². The molecule has 2 rings (SSSR count). The molecule has 1 unspecified atom stereocenters. The number of amides is 2. The molecular formula is C17H25N3O3. The molecule has 0 saturated carbocycles. The Labute approximate surface area is 137 Å². The normalized spacial score (nSPS) is 16.6. The van der Waals surface area contributed by atoms with Crippen LogP contribution in [-0.2, 0) is 9.59 Å². The highest BCUT2D eigenvalue weighted by Gasteiger charge is 2.31. The van der Waals surface area contributed by atoms with Crippen LogP contribution in [0.3, 0.4) is 0 Å². The number of rotatable bonds is 6. The van der Waals surface area contributed by atoms with E-state index in [2.05, 4.69) is 12.2 Å². The van der Waals surface area contributed by atoms with Crippen LogP contribution in [0.5, 0.6) is 5.75 Å². The molecule has 0 aliphatic carbocycles. The minimum Gasteiger partial charge on any atom is -0.497 e. The Hall–Kier alpha value is -2.24. The number of carbonyl (C=O) groups excluding carboxylic acids is 2. The van der Waals surface area contributed by atoms with Crippen molar-refractivity contribution in [2.45, 2.75) is 32.7 Å². The molecule has 6 heteroatoms. The second-order valence-electron chi connectivity index (χ2n) is 5.84. The number of methoxy groups -OCH3 is 1. The molecule has 0 radical (unpaired) electrons. The lowest BCUT2D eigenvalue weighted by atomic mass is 10.1. The van der Waals surface area contributed by atoms with E-state index in [1.807, 2.05) is 12.1 Å². The Morgan fingerprint density at radius 3 is 2.83 bits per heavy atom. The second-order valence-corrected chi connectivity index (χ2v) is 5.84. The van der Waals surface area contributed by atoms with E-state index in [1.54, 1.807) is 36.9 Å². The Balaban J connectivity index is 2.21. The van der Waals surface area contributed by atoms with Gasteiger partial charge >= 0.3 is 0 Å². The number of hydrogen-bond donors (Lipinski definition) is 1. The quantitative estimate of drug-likeness (QED) is 0.872. The third kappa shape index (κ3) is 3.75. The van der Waals surface area contributed by atoms with Crippen LogP contribution in [0.4, 0.5) is 11.4 Å². The molecule has 23 heavy (non-hydrogen) atoms. The van der Waals surface area contributed by atoms with Gasteiger partial charge in [0, 0.05) is 19.7 Å². The van der Waals surface area contributed by atoms with Gasteiger partial charge in [0.2, 0.25) is 11.8 Å². The van der Waals surface area contributed by atoms with Crippen molar-refractivity contribution < 1.29 is 14.3 Å². The number of likely N-dealkylation sites (N-methyl/N-ethyl adjacent to an activating group) is 1. The molecule has 1 atom stereocenters. The van der Waals surface area contributed by atoms with Crippen molar-refractivity contribution in [3.63, 3.8) is 0 Å². The van der Waals surface area contributed by atoms with Crippen LogP contribution in [0.2, 0.25) is 0 Å². The number of benzene rings is 1. The molecule has 0 aromatic heterocycles. The molecule has 0 spiro atoms. The van der Waals surface area contributed by atoms with Gasteiger partial charge < -0.3 is 15.0 Å². The van der Waals surface area contributed by atoms with Gasteiger partial charge in [-0.05, 0) is 25.5 Å². The first kappa shape index (κ1) is 17.1. The Morgan fingerprint density at radius 1 is 1.43 bits per heavy atom. The number of nitrogens with zero attached hydrogens (tertiary/aromatic N) is 2. The lowest BCUT2D eigenvalue weighted by molar-refractivity contribution is -0.130. The molecule has 1 N–H and O–H groups in total. The fourth-order valence-corrected chi connectivity index (χ4v) is 2.58. The average Bonchev–Trinajstić information content (AvgIpc) is 2.55. The molecule has 0 fully saturated rings. The SMILES string of the molecule is CCCCN(C)C(=O)CN1C(=O)C(C)Nc2cc(OC)ccc21. The zero-order chi connectivity index (χ0) is 17.0. The van der Waals surface area contributed by atoms with Gasteiger partial charge in [0.25, 0.3) is 0 Å². The zero-order valence-corrected chi connectivity index (χ0v) is 14.3. The number of anilines is 2. The van der Waals surface area contributed by atoms with E-state index in [4.69, 9.17) is 4.74 Å². The summed E-state index contributed by atoms with van der Waals surface area (Å²) >= 11 is 0. The summed E-state index contributed by atoms with van der Waals surface area (Å²) in [4.78, 5) is 28.1. The standard InChI is InChI=1S/C17H25N3O3/c1-5-6-9-19(3)16(21)11-20-15-8-7-13(23-4)10-14(15)18-12(2)17(20)22/h7-8,10,12,18H,5-6,9,11H2,1-4H3. The Kier molecular flexibility index (Phi) is 5.47. The van der Waals surface area contributed by atoms with Gasteiger partial charge in [-0.15, -0.1) is 0 Å². The van der Waals surface area contributed by atoms with Crippen LogP contribution in [0.25, 0.3) is 0 Å². The molecule has 1 heterocycles. The van der Waals surface area contributed by atoms with Crippen LogP contribution in [0.15, 0.2) is 18.2 Å². The summed E-state index contributed by atoms with van der Waals surface area (Å²) in [5.74, 6) is 0.562. The van der Waals surface area contributed by atoms with E-state index in [1.165, 1.54) is 0 Å². The average molecular weight is 319 g/mol. The smallest absolute Gasteiger partial charge is 0.249 e. The number of nitrogens with one attached hydrogen (secondary N) is 1. The first-order valence-electron chi connectivity index (χ1n) is 7.97. The molecule has 1 aromatic rings. The molecule has 1 aliphatic rings. The second kappa shape index (κ2) is 7.35. The van der Waals surface area contributed by atoms with Crippen LogP contribution < -0.4 is 15.0 Å². The number of carbonyl (C=O) groups is 2. The predicted molar refractivity (Wildman–Crippen MR) is 91.0 cm³/mol. The zero-order valence-electron chi connectivity index (χ0n) is 14.3. The molecule has 2 amide bonds. The maximum atomic E-state index is 12.5. The highest BCUT2D eigenvalue weighted by molar-refractivity contribution is 6.07. The van der Waals surface area contributed by atoms with Crippen molar-refractivity contribution in [1.29, 1.82) is 0 Å². The van der Waals surface area contributed by atoms with Crippen molar-refractivity contribution in [1.82, 2.24) is 4.90 Å². The van der Waals surface area contributed by atoms with Crippen molar-refractivity contribution in [2.24, 2.45) is 0 Å². The van der Waals surface area contributed by atoms with Crippen molar-refractivity contribution >= 4 is 23.2 Å². The van der Waals surface area contributed by atoms with E-state index >= 15 is 0 Å². The highest BCUT2D eigenvalue weighted by atomic mass is 16.5. The number of unbranched alkanes of at least 4 members (excludes halogenated alkanes) is 1. The van der Waals surface area contributed by atoms with Crippen LogP contribution in [0.1, 0.15) is 26.7 Å². The van der Waals surface area contributed by atoms with Gasteiger partial charge in [0.15, 0.2) is 0 Å². The van der Waals surface area contributed by atoms with Gasteiger partial charge in [0.05, 0.1) is 18.5 Å². The molecule has 6 nitrogen and oxygen atoms in total.